The molecule has 2 aromatic rings. The van der Waals surface area contributed by atoms with Gasteiger partial charge in [-0.25, -0.2) is 0 Å². The summed E-state index contributed by atoms with van der Waals surface area (Å²) in [5.74, 6) is 0.291. The first kappa shape index (κ1) is 13.4. The molecule has 0 saturated carbocycles. The van der Waals surface area contributed by atoms with Crippen molar-refractivity contribution in [3.05, 3.63) is 72.5 Å². The minimum Gasteiger partial charge on any atom is -0.513 e. The predicted octanol–water partition coefficient (Wildman–Crippen LogP) is 5.14. The average molecular weight is 252 g/mol. The topological polar surface area (TPSA) is 20.2 Å². The molecule has 0 bridgehead atoms. The first-order valence-corrected chi connectivity index (χ1v) is 6.77. The van der Waals surface area contributed by atoms with E-state index in [0.29, 0.717) is 12.2 Å². The number of aliphatic hydroxyl groups excluding tert-OH is 1. The molecule has 0 heterocycles. The van der Waals surface area contributed by atoms with Crippen LogP contribution in [0.25, 0.3) is 11.1 Å². The monoisotopic (exact) mass is 252 g/mol. The lowest BCUT2D eigenvalue weighted by Crippen LogP contribution is -1.87. The molecule has 0 atom stereocenters. The van der Waals surface area contributed by atoms with E-state index in [1.165, 1.54) is 16.7 Å². The Morgan fingerprint density at radius 3 is 2.11 bits per heavy atom. The summed E-state index contributed by atoms with van der Waals surface area (Å²) in [6.07, 6.45) is 3.85. The van der Waals surface area contributed by atoms with Crippen molar-refractivity contribution in [1.82, 2.24) is 0 Å². The second-order valence-electron chi connectivity index (χ2n) is 4.84. The van der Waals surface area contributed by atoms with Gasteiger partial charge in [0.2, 0.25) is 0 Å². The summed E-state index contributed by atoms with van der Waals surface area (Å²) in [7, 11) is 0. The van der Waals surface area contributed by atoms with Gasteiger partial charge < -0.3 is 5.11 Å². The summed E-state index contributed by atoms with van der Waals surface area (Å²) in [6, 6.07) is 19.1. The van der Waals surface area contributed by atoms with E-state index in [0.717, 1.165) is 19.3 Å². The summed E-state index contributed by atoms with van der Waals surface area (Å²) >= 11 is 0. The molecule has 0 unspecified atom stereocenters. The van der Waals surface area contributed by atoms with Crippen LogP contribution < -0.4 is 0 Å². The quantitative estimate of drug-likeness (QED) is 0.557. The molecule has 98 valence electrons. The van der Waals surface area contributed by atoms with E-state index in [9.17, 15) is 0 Å². The minimum absolute atomic E-state index is 0.291. The first-order valence-electron chi connectivity index (χ1n) is 6.77. The van der Waals surface area contributed by atoms with Crippen LogP contribution in [0.5, 0.6) is 0 Å². The SMILES string of the molecule is C=C(O)CCCCc1ccc(-c2ccccc2)cc1. The van der Waals surface area contributed by atoms with Gasteiger partial charge >= 0.3 is 0 Å². The van der Waals surface area contributed by atoms with Crippen LogP contribution in [0, 0.1) is 0 Å². The predicted molar refractivity (Wildman–Crippen MR) is 81.2 cm³/mol. The molecule has 1 nitrogen and oxygen atoms in total. The van der Waals surface area contributed by atoms with E-state index in [4.69, 9.17) is 5.11 Å². The number of aliphatic hydroxyl groups is 1. The third kappa shape index (κ3) is 4.29. The van der Waals surface area contributed by atoms with Gasteiger partial charge in [0, 0.05) is 6.42 Å². The Balaban J connectivity index is 1.90. The maximum atomic E-state index is 9.02. The Kier molecular flexibility index (Phi) is 4.79. The van der Waals surface area contributed by atoms with Crippen LogP contribution in [-0.4, -0.2) is 5.11 Å². The van der Waals surface area contributed by atoms with E-state index in [1.54, 1.807) is 0 Å². The Morgan fingerprint density at radius 1 is 0.842 bits per heavy atom. The molecule has 0 aliphatic heterocycles. The molecule has 0 aromatic heterocycles. The first-order chi connectivity index (χ1) is 9.25. The molecule has 0 radical (unpaired) electrons. The number of hydrogen-bond acceptors (Lipinski definition) is 1. The van der Waals surface area contributed by atoms with E-state index in [-0.39, 0.29) is 0 Å². The highest BCUT2D eigenvalue weighted by Gasteiger charge is 1.98. The highest BCUT2D eigenvalue weighted by atomic mass is 16.3. The van der Waals surface area contributed by atoms with Crippen molar-refractivity contribution in [2.75, 3.05) is 0 Å². The minimum atomic E-state index is 0.291. The fourth-order valence-electron chi connectivity index (χ4n) is 2.15. The Labute approximate surface area is 115 Å². The van der Waals surface area contributed by atoms with Crippen LogP contribution >= 0.6 is 0 Å². The number of hydrogen-bond donors (Lipinski definition) is 1. The van der Waals surface area contributed by atoms with Crippen LogP contribution in [-0.2, 0) is 6.42 Å². The molecule has 1 heteroatoms. The molecule has 19 heavy (non-hydrogen) atoms. The van der Waals surface area contributed by atoms with Gasteiger partial charge in [0.25, 0.3) is 0 Å². The van der Waals surface area contributed by atoms with Crippen molar-refractivity contribution in [2.24, 2.45) is 0 Å². The molecular formula is C18H20O. The lowest BCUT2D eigenvalue weighted by molar-refractivity contribution is 0.385. The van der Waals surface area contributed by atoms with Gasteiger partial charge in [-0.2, -0.15) is 0 Å². The molecule has 0 spiro atoms. The molecule has 0 aliphatic rings. The fourth-order valence-corrected chi connectivity index (χ4v) is 2.15. The standard InChI is InChI=1S/C18H20O/c1-15(19)7-5-6-8-16-11-13-18(14-12-16)17-9-3-2-4-10-17/h2-4,9-14,19H,1,5-8H2. The van der Waals surface area contributed by atoms with Gasteiger partial charge in [-0.1, -0.05) is 61.2 Å². The highest BCUT2D eigenvalue weighted by Crippen LogP contribution is 2.20. The number of aryl methyl sites for hydroxylation is 1. The lowest BCUT2D eigenvalue weighted by Gasteiger charge is -2.04. The highest BCUT2D eigenvalue weighted by molar-refractivity contribution is 5.63. The van der Waals surface area contributed by atoms with Gasteiger partial charge in [-0.3, -0.25) is 0 Å². The van der Waals surface area contributed by atoms with E-state index >= 15 is 0 Å². The maximum absolute atomic E-state index is 9.02. The Bertz CT molecular complexity index is 511. The third-order valence-corrected chi connectivity index (χ3v) is 3.24. The number of unbranched alkanes of at least 4 members (excludes halogenated alkanes) is 1. The van der Waals surface area contributed by atoms with Gasteiger partial charge in [-0.15, -0.1) is 0 Å². The Hall–Kier alpha value is -2.02. The van der Waals surface area contributed by atoms with Crippen molar-refractivity contribution in [2.45, 2.75) is 25.7 Å². The molecule has 0 saturated heterocycles. The zero-order chi connectivity index (χ0) is 13.5. The van der Waals surface area contributed by atoms with Crippen molar-refractivity contribution in [3.63, 3.8) is 0 Å². The summed E-state index contributed by atoms with van der Waals surface area (Å²) in [5, 5.41) is 9.02. The van der Waals surface area contributed by atoms with Crippen molar-refractivity contribution < 1.29 is 5.11 Å². The van der Waals surface area contributed by atoms with Crippen LogP contribution in [0.3, 0.4) is 0 Å². The third-order valence-electron chi connectivity index (χ3n) is 3.24. The molecule has 2 rings (SSSR count). The van der Waals surface area contributed by atoms with Gasteiger partial charge in [-0.05, 0) is 36.0 Å². The number of allylic oxidation sites excluding steroid dienone is 1. The number of benzene rings is 2. The van der Waals surface area contributed by atoms with E-state index in [2.05, 4.69) is 55.1 Å². The normalized spacial score (nSPS) is 10.3. The lowest BCUT2D eigenvalue weighted by atomic mass is 10.0. The van der Waals surface area contributed by atoms with Crippen LogP contribution in [0.2, 0.25) is 0 Å². The maximum Gasteiger partial charge on any atom is 0.0851 e. The summed E-state index contributed by atoms with van der Waals surface area (Å²) in [5.41, 5.74) is 3.86. The average Bonchev–Trinajstić information content (AvgIpc) is 2.45. The number of rotatable bonds is 6. The molecule has 0 fully saturated rings. The van der Waals surface area contributed by atoms with Crippen LogP contribution in [0.15, 0.2) is 66.9 Å². The molecule has 0 aliphatic carbocycles. The largest absolute Gasteiger partial charge is 0.513 e. The van der Waals surface area contributed by atoms with E-state index < -0.39 is 0 Å². The van der Waals surface area contributed by atoms with Crippen molar-refractivity contribution in [1.29, 1.82) is 0 Å². The van der Waals surface area contributed by atoms with Gasteiger partial charge in [0.05, 0.1) is 5.76 Å². The fraction of sp³-hybridized carbons (Fsp3) is 0.222. The molecular weight excluding hydrogens is 232 g/mol. The summed E-state index contributed by atoms with van der Waals surface area (Å²) in [4.78, 5) is 0. The second kappa shape index (κ2) is 6.79. The zero-order valence-corrected chi connectivity index (χ0v) is 11.2. The summed E-state index contributed by atoms with van der Waals surface area (Å²) in [6.45, 7) is 3.50. The van der Waals surface area contributed by atoms with Crippen molar-refractivity contribution >= 4 is 0 Å². The van der Waals surface area contributed by atoms with Gasteiger partial charge in [0.15, 0.2) is 0 Å². The van der Waals surface area contributed by atoms with Crippen molar-refractivity contribution in [3.8, 4) is 11.1 Å². The van der Waals surface area contributed by atoms with Crippen LogP contribution in [0.4, 0.5) is 0 Å². The summed E-state index contributed by atoms with van der Waals surface area (Å²) < 4.78 is 0. The molecule has 2 aromatic carbocycles. The smallest absolute Gasteiger partial charge is 0.0851 e. The second-order valence-corrected chi connectivity index (χ2v) is 4.84. The van der Waals surface area contributed by atoms with E-state index in [1.807, 2.05) is 6.07 Å². The molecule has 0 amide bonds. The molecule has 1 N–H and O–H groups in total. The van der Waals surface area contributed by atoms with Gasteiger partial charge in [0.1, 0.15) is 0 Å². The zero-order valence-electron chi connectivity index (χ0n) is 11.2. The van der Waals surface area contributed by atoms with Crippen LogP contribution in [0.1, 0.15) is 24.8 Å². The Morgan fingerprint density at radius 2 is 1.47 bits per heavy atom.